The second-order valence-corrected chi connectivity index (χ2v) is 3.49. The van der Waals surface area contributed by atoms with Crippen LogP contribution >= 0.6 is 0 Å². The Labute approximate surface area is 78.9 Å². The summed E-state index contributed by atoms with van der Waals surface area (Å²) in [6.07, 6.45) is 2.89. The third-order valence-electron chi connectivity index (χ3n) is 2.57. The van der Waals surface area contributed by atoms with Gasteiger partial charge in [0.15, 0.2) is 0 Å². The zero-order chi connectivity index (χ0) is 9.71. The van der Waals surface area contributed by atoms with Gasteiger partial charge in [-0.05, 0) is 12.8 Å². The largest absolute Gasteiger partial charge is 0.453 e. The summed E-state index contributed by atoms with van der Waals surface area (Å²) in [5, 5.41) is 0. The molecule has 0 atom stereocenters. The molecule has 14 heavy (non-hydrogen) atoms. The predicted molar refractivity (Wildman–Crippen MR) is 51.1 cm³/mol. The number of fused-ring (bicyclic) bond motifs is 3. The number of aromatic nitrogens is 2. The summed E-state index contributed by atoms with van der Waals surface area (Å²) in [5.74, 6) is 1.04. The summed E-state index contributed by atoms with van der Waals surface area (Å²) in [6.45, 7) is 0. The van der Waals surface area contributed by atoms with Crippen molar-refractivity contribution in [1.29, 1.82) is 0 Å². The van der Waals surface area contributed by atoms with Crippen molar-refractivity contribution < 1.29 is 4.42 Å². The fraction of sp³-hybridized carbons (Fsp3) is 0.333. The molecule has 0 aromatic carbocycles. The number of furan rings is 1. The van der Waals surface area contributed by atoms with E-state index in [2.05, 4.69) is 9.97 Å². The summed E-state index contributed by atoms with van der Waals surface area (Å²) in [6, 6.07) is 0. The van der Waals surface area contributed by atoms with E-state index in [1.165, 1.54) is 0 Å². The third-order valence-corrected chi connectivity index (χ3v) is 2.57. The topological polar surface area (TPSA) is 84.9 Å². The van der Waals surface area contributed by atoms with Crippen LogP contribution in [0.25, 0.3) is 11.1 Å². The number of hydrogen-bond donors (Lipinski definition) is 2. The monoisotopic (exact) mass is 191 g/mol. The average Bonchev–Trinajstić information content (AvgIpc) is 2.65. The average molecular weight is 191 g/mol. The molecule has 0 saturated heterocycles. The highest BCUT2D eigenvalue weighted by atomic mass is 16.3. The van der Waals surface area contributed by atoms with Crippen molar-refractivity contribution in [2.45, 2.75) is 19.3 Å². The standard InChI is InChI=1S/C9H9N3O2/c10-9-11-6-4-2-1-3-5(4)14-7(6)8(13)12-9/h1-3H2,(H3,10,11,12,13). The van der Waals surface area contributed by atoms with Crippen LogP contribution in [0.3, 0.4) is 0 Å². The minimum atomic E-state index is -0.290. The highest BCUT2D eigenvalue weighted by Gasteiger charge is 2.22. The van der Waals surface area contributed by atoms with Gasteiger partial charge in [-0.1, -0.05) is 0 Å². The van der Waals surface area contributed by atoms with Gasteiger partial charge in [-0.15, -0.1) is 0 Å². The Morgan fingerprint density at radius 1 is 1.43 bits per heavy atom. The molecule has 0 fully saturated rings. The molecular formula is C9H9N3O2. The SMILES string of the molecule is Nc1nc2c3c(oc2c(=O)[nH]1)CCC3. The zero-order valence-electron chi connectivity index (χ0n) is 7.46. The Kier molecular flexibility index (Phi) is 1.29. The molecule has 0 bridgehead atoms. The lowest BCUT2D eigenvalue weighted by atomic mass is 10.2. The van der Waals surface area contributed by atoms with Gasteiger partial charge in [-0.2, -0.15) is 0 Å². The van der Waals surface area contributed by atoms with Crippen molar-refractivity contribution in [3.63, 3.8) is 0 Å². The van der Waals surface area contributed by atoms with Crippen LogP contribution < -0.4 is 11.3 Å². The number of nitrogens with one attached hydrogen (secondary N) is 1. The Morgan fingerprint density at radius 3 is 3.14 bits per heavy atom. The number of anilines is 1. The molecule has 1 aliphatic carbocycles. The van der Waals surface area contributed by atoms with Gasteiger partial charge in [0, 0.05) is 12.0 Å². The molecule has 72 valence electrons. The molecule has 1 aliphatic rings. The van der Waals surface area contributed by atoms with Crippen LogP contribution in [0.2, 0.25) is 0 Å². The van der Waals surface area contributed by atoms with E-state index < -0.39 is 0 Å². The quantitative estimate of drug-likeness (QED) is 0.638. The first-order valence-electron chi connectivity index (χ1n) is 4.56. The maximum atomic E-state index is 11.4. The van der Waals surface area contributed by atoms with E-state index in [1.807, 2.05) is 0 Å². The Morgan fingerprint density at radius 2 is 2.29 bits per heavy atom. The molecule has 3 N–H and O–H groups in total. The molecule has 3 rings (SSSR count). The van der Waals surface area contributed by atoms with Crippen LogP contribution in [0.5, 0.6) is 0 Å². The van der Waals surface area contributed by atoms with Gasteiger partial charge in [0.05, 0.1) is 0 Å². The number of nitrogens with two attached hydrogens (primary N) is 1. The summed E-state index contributed by atoms with van der Waals surface area (Å²) in [7, 11) is 0. The van der Waals surface area contributed by atoms with E-state index in [4.69, 9.17) is 10.2 Å². The maximum Gasteiger partial charge on any atom is 0.295 e. The minimum Gasteiger partial charge on any atom is -0.453 e. The second-order valence-electron chi connectivity index (χ2n) is 3.49. The van der Waals surface area contributed by atoms with Crippen molar-refractivity contribution in [1.82, 2.24) is 9.97 Å². The molecule has 0 aliphatic heterocycles. The highest BCUT2D eigenvalue weighted by molar-refractivity contribution is 5.78. The molecule has 2 heterocycles. The van der Waals surface area contributed by atoms with Crippen LogP contribution in [0, 0.1) is 0 Å². The van der Waals surface area contributed by atoms with Gasteiger partial charge in [0.2, 0.25) is 11.5 Å². The number of aryl methyl sites for hydroxylation is 2. The van der Waals surface area contributed by atoms with Gasteiger partial charge in [-0.3, -0.25) is 9.78 Å². The van der Waals surface area contributed by atoms with E-state index in [-0.39, 0.29) is 11.5 Å². The van der Waals surface area contributed by atoms with Gasteiger partial charge >= 0.3 is 0 Å². The number of H-pyrrole nitrogens is 1. The van der Waals surface area contributed by atoms with E-state index in [9.17, 15) is 4.79 Å². The van der Waals surface area contributed by atoms with Crippen molar-refractivity contribution in [2.75, 3.05) is 5.73 Å². The van der Waals surface area contributed by atoms with Gasteiger partial charge in [-0.25, -0.2) is 4.98 Å². The van der Waals surface area contributed by atoms with Crippen molar-refractivity contribution in [2.24, 2.45) is 0 Å². The lowest BCUT2D eigenvalue weighted by Gasteiger charge is -1.93. The summed E-state index contributed by atoms with van der Waals surface area (Å²) < 4.78 is 5.43. The van der Waals surface area contributed by atoms with Gasteiger partial charge < -0.3 is 10.2 Å². The van der Waals surface area contributed by atoms with Crippen LogP contribution in [0.4, 0.5) is 5.95 Å². The van der Waals surface area contributed by atoms with Crippen molar-refractivity contribution >= 4 is 17.0 Å². The molecule has 5 heteroatoms. The van der Waals surface area contributed by atoms with E-state index in [0.717, 1.165) is 30.6 Å². The normalized spacial score (nSPS) is 14.9. The molecule has 0 amide bonds. The van der Waals surface area contributed by atoms with Crippen LogP contribution in [0.1, 0.15) is 17.7 Å². The van der Waals surface area contributed by atoms with Crippen LogP contribution in [-0.2, 0) is 12.8 Å². The van der Waals surface area contributed by atoms with Gasteiger partial charge in [0.1, 0.15) is 11.3 Å². The molecular weight excluding hydrogens is 182 g/mol. The maximum absolute atomic E-state index is 11.4. The molecule has 0 spiro atoms. The fourth-order valence-electron chi connectivity index (χ4n) is 1.98. The Hall–Kier alpha value is -1.78. The molecule has 0 unspecified atom stereocenters. The summed E-state index contributed by atoms with van der Waals surface area (Å²) in [4.78, 5) is 18.0. The van der Waals surface area contributed by atoms with E-state index >= 15 is 0 Å². The molecule has 0 radical (unpaired) electrons. The molecule has 0 saturated carbocycles. The van der Waals surface area contributed by atoms with Gasteiger partial charge in [0.25, 0.3) is 5.56 Å². The third kappa shape index (κ3) is 0.837. The highest BCUT2D eigenvalue weighted by Crippen LogP contribution is 2.29. The molecule has 2 aromatic rings. The Bertz CT molecular complexity index is 567. The van der Waals surface area contributed by atoms with Crippen molar-refractivity contribution in [3.05, 3.63) is 21.7 Å². The number of nitrogen functional groups attached to an aromatic ring is 1. The first-order valence-corrected chi connectivity index (χ1v) is 4.56. The second kappa shape index (κ2) is 2.37. The number of aromatic amines is 1. The fourth-order valence-corrected chi connectivity index (χ4v) is 1.98. The summed E-state index contributed by atoms with van der Waals surface area (Å²) >= 11 is 0. The molecule has 5 nitrogen and oxygen atoms in total. The summed E-state index contributed by atoms with van der Waals surface area (Å²) in [5.41, 5.74) is 7.18. The molecule has 2 aromatic heterocycles. The lowest BCUT2D eigenvalue weighted by molar-refractivity contribution is 0.552. The smallest absolute Gasteiger partial charge is 0.295 e. The van der Waals surface area contributed by atoms with Crippen LogP contribution in [0.15, 0.2) is 9.21 Å². The minimum absolute atomic E-state index is 0.151. The predicted octanol–water partition coefficient (Wildman–Crippen LogP) is 0.587. The van der Waals surface area contributed by atoms with E-state index in [0.29, 0.717) is 11.1 Å². The first-order chi connectivity index (χ1) is 6.75. The van der Waals surface area contributed by atoms with Crippen molar-refractivity contribution in [3.8, 4) is 0 Å². The number of rotatable bonds is 0. The zero-order valence-corrected chi connectivity index (χ0v) is 7.46. The van der Waals surface area contributed by atoms with Crippen LogP contribution in [-0.4, -0.2) is 9.97 Å². The lowest BCUT2D eigenvalue weighted by Crippen LogP contribution is -2.10. The first kappa shape index (κ1) is 7.61. The number of nitrogens with zero attached hydrogens (tertiary/aromatic N) is 1. The number of hydrogen-bond acceptors (Lipinski definition) is 4. The Balaban J connectivity index is 2.49. The van der Waals surface area contributed by atoms with E-state index in [1.54, 1.807) is 0 Å².